The van der Waals surface area contributed by atoms with E-state index < -0.39 is 0 Å². The second kappa shape index (κ2) is 5.67. The molecule has 0 amide bonds. The van der Waals surface area contributed by atoms with E-state index in [0.717, 1.165) is 26.4 Å². The maximum atomic E-state index is 6.13. The highest BCUT2D eigenvalue weighted by molar-refractivity contribution is 9.10. The van der Waals surface area contributed by atoms with Gasteiger partial charge in [0.25, 0.3) is 0 Å². The monoisotopic (exact) mass is 325 g/mol. The molecule has 1 atom stereocenters. The van der Waals surface area contributed by atoms with Crippen LogP contribution in [0.4, 0.5) is 5.69 Å². The van der Waals surface area contributed by atoms with Gasteiger partial charge in [0, 0.05) is 21.9 Å². The summed E-state index contributed by atoms with van der Waals surface area (Å²) in [6, 6.07) is 3.97. The number of aromatic nitrogens is 2. The third-order valence-corrected chi connectivity index (χ3v) is 3.71. The molecule has 2 rings (SSSR count). The summed E-state index contributed by atoms with van der Waals surface area (Å²) in [4.78, 5) is 8.33. The van der Waals surface area contributed by atoms with Crippen molar-refractivity contribution < 1.29 is 0 Å². The lowest BCUT2D eigenvalue weighted by Crippen LogP contribution is -2.09. The highest BCUT2D eigenvalue weighted by atomic mass is 79.9. The first-order valence-corrected chi connectivity index (χ1v) is 6.73. The number of anilines is 1. The Hall–Kier alpha value is -1.13. The molecule has 0 radical (unpaired) electrons. The van der Waals surface area contributed by atoms with E-state index in [0.29, 0.717) is 0 Å². The summed E-state index contributed by atoms with van der Waals surface area (Å²) in [7, 11) is 0. The van der Waals surface area contributed by atoms with Crippen molar-refractivity contribution in [3.8, 4) is 0 Å². The number of halogens is 2. The second-order valence-corrected chi connectivity index (χ2v) is 5.34. The summed E-state index contributed by atoms with van der Waals surface area (Å²) >= 11 is 9.65. The molecule has 0 fully saturated rings. The van der Waals surface area contributed by atoms with E-state index in [2.05, 4.69) is 31.2 Å². The van der Waals surface area contributed by atoms with Gasteiger partial charge in [0.1, 0.15) is 0 Å². The minimum atomic E-state index is 0.0637. The van der Waals surface area contributed by atoms with E-state index in [1.807, 2.05) is 26.0 Å². The lowest BCUT2D eigenvalue weighted by molar-refractivity contribution is 0.826. The molecule has 0 spiro atoms. The van der Waals surface area contributed by atoms with Gasteiger partial charge in [0.2, 0.25) is 0 Å². The van der Waals surface area contributed by atoms with Gasteiger partial charge in [-0.3, -0.25) is 9.97 Å². The minimum absolute atomic E-state index is 0.0637. The van der Waals surface area contributed by atoms with Crippen LogP contribution in [0.1, 0.15) is 24.2 Å². The first-order chi connectivity index (χ1) is 8.58. The van der Waals surface area contributed by atoms with E-state index in [9.17, 15) is 0 Å². The van der Waals surface area contributed by atoms with E-state index in [-0.39, 0.29) is 6.04 Å². The summed E-state index contributed by atoms with van der Waals surface area (Å²) in [5, 5.41) is 4.10. The zero-order valence-corrected chi connectivity index (χ0v) is 12.5. The summed E-state index contributed by atoms with van der Waals surface area (Å²) < 4.78 is 0.986. The van der Waals surface area contributed by atoms with E-state index >= 15 is 0 Å². The van der Waals surface area contributed by atoms with Crippen molar-refractivity contribution in [3.63, 3.8) is 0 Å². The molecule has 0 saturated carbocycles. The van der Waals surface area contributed by atoms with Gasteiger partial charge in [-0.2, -0.15) is 0 Å². The average molecular weight is 327 g/mol. The molecule has 0 aliphatic carbocycles. The van der Waals surface area contributed by atoms with Crippen LogP contribution in [0.15, 0.2) is 35.2 Å². The number of hydrogen-bond acceptors (Lipinski definition) is 3. The van der Waals surface area contributed by atoms with Crippen LogP contribution in [-0.4, -0.2) is 9.97 Å². The molecule has 1 unspecified atom stereocenters. The SMILES string of the molecule is Cc1cc(Br)c(NC(C)c2cnccn2)cc1Cl. The Morgan fingerprint density at radius 3 is 2.78 bits per heavy atom. The second-order valence-electron chi connectivity index (χ2n) is 4.08. The Morgan fingerprint density at radius 2 is 2.11 bits per heavy atom. The Morgan fingerprint density at radius 1 is 1.33 bits per heavy atom. The van der Waals surface area contributed by atoms with Crippen LogP contribution < -0.4 is 5.32 Å². The van der Waals surface area contributed by atoms with E-state index in [1.165, 1.54) is 0 Å². The zero-order valence-electron chi connectivity index (χ0n) is 10.1. The van der Waals surface area contributed by atoms with Crippen LogP contribution in [0.5, 0.6) is 0 Å². The van der Waals surface area contributed by atoms with Crippen LogP contribution in [0.2, 0.25) is 5.02 Å². The predicted molar refractivity (Wildman–Crippen MR) is 78.0 cm³/mol. The van der Waals surface area contributed by atoms with Gasteiger partial charge in [-0.15, -0.1) is 0 Å². The van der Waals surface area contributed by atoms with Crippen molar-refractivity contribution in [2.24, 2.45) is 0 Å². The van der Waals surface area contributed by atoms with Crippen molar-refractivity contribution >= 4 is 33.2 Å². The number of benzene rings is 1. The summed E-state index contributed by atoms with van der Waals surface area (Å²) in [6.45, 7) is 4.01. The Bertz CT molecular complexity index is 545. The molecule has 94 valence electrons. The van der Waals surface area contributed by atoms with Gasteiger partial charge in [-0.05, 0) is 47.5 Å². The molecular formula is C13H13BrClN3. The van der Waals surface area contributed by atoms with Crippen LogP contribution >= 0.6 is 27.5 Å². The van der Waals surface area contributed by atoms with Crippen molar-refractivity contribution in [2.45, 2.75) is 19.9 Å². The standard InChI is InChI=1S/C13H13BrClN3/c1-8-5-10(14)12(6-11(8)15)18-9(2)13-7-16-3-4-17-13/h3-7,9,18H,1-2H3. The third-order valence-electron chi connectivity index (χ3n) is 2.65. The quantitative estimate of drug-likeness (QED) is 0.910. The van der Waals surface area contributed by atoms with Gasteiger partial charge in [-0.25, -0.2) is 0 Å². The molecule has 1 heterocycles. The van der Waals surface area contributed by atoms with E-state index in [1.54, 1.807) is 18.6 Å². The Labute approximate surface area is 120 Å². The first kappa shape index (κ1) is 13.3. The maximum Gasteiger partial charge on any atom is 0.0806 e. The zero-order chi connectivity index (χ0) is 13.1. The molecule has 1 aromatic carbocycles. The number of rotatable bonds is 3. The van der Waals surface area contributed by atoms with Crippen molar-refractivity contribution in [1.29, 1.82) is 0 Å². The largest absolute Gasteiger partial charge is 0.376 e. The number of nitrogens with zero attached hydrogens (tertiary/aromatic N) is 2. The summed E-state index contributed by atoms with van der Waals surface area (Å²) in [5.74, 6) is 0. The average Bonchev–Trinajstić information content (AvgIpc) is 2.37. The van der Waals surface area contributed by atoms with Gasteiger partial charge in [0.15, 0.2) is 0 Å². The molecule has 0 aliphatic heterocycles. The van der Waals surface area contributed by atoms with Crippen LogP contribution in [-0.2, 0) is 0 Å². The Kier molecular flexibility index (Phi) is 4.19. The van der Waals surface area contributed by atoms with Crippen molar-refractivity contribution in [2.75, 3.05) is 5.32 Å². The fourth-order valence-electron chi connectivity index (χ4n) is 1.60. The number of nitrogens with one attached hydrogen (secondary N) is 1. The molecule has 0 aliphatic rings. The highest BCUT2D eigenvalue weighted by Gasteiger charge is 2.10. The molecule has 3 nitrogen and oxygen atoms in total. The molecule has 0 bridgehead atoms. The molecule has 1 aromatic heterocycles. The van der Waals surface area contributed by atoms with Gasteiger partial charge >= 0.3 is 0 Å². The molecular weight excluding hydrogens is 314 g/mol. The molecule has 2 aromatic rings. The predicted octanol–water partition coefficient (Wildman–Crippen LogP) is 4.37. The van der Waals surface area contributed by atoms with Gasteiger partial charge in [0.05, 0.1) is 23.6 Å². The molecule has 5 heteroatoms. The lowest BCUT2D eigenvalue weighted by atomic mass is 10.2. The lowest BCUT2D eigenvalue weighted by Gasteiger charge is -2.16. The smallest absolute Gasteiger partial charge is 0.0806 e. The Balaban J connectivity index is 2.22. The molecule has 18 heavy (non-hydrogen) atoms. The maximum absolute atomic E-state index is 6.13. The molecule has 0 saturated heterocycles. The van der Waals surface area contributed by atoms with Crippen LogP contribution in [0, 0.1) is 6.92 Å². The third kappa shape index (κ3) is 3.00. The van der Waals surface area contributed by atoms with Crippen LogP contribution in [0.3, 0.4) is 0 Å². The summed E-state index contributed by atoms with van der Waals surface area (Å²) in [5.41, 5.74) is 2.88. The fraction of sp³-hybridized carbons (Fsp3) is 0.231. The van der Waals surface area contributed by atoms with Crippen molar-refractivity contribution in [1.82, 2.24) is 9.97 Å². The topological polar surface area (TPSA) is 37.8 Å². The first-order valence-electron chi connectivity index (χ1n) is 5.56. The number of hydrogen-bond donors (Lipinski definition) is 1. The van der Waals surface area contributed by atoms with Gasteiger partial charge in [-0.1, -0.05) is 11.6 Å². The highest BCUT2D eigenvalue weighted by Crippen LogP contribution is 2.31. The number of aryl methyl sites for hydroxylation is 1. The fourth-order valence-corrected chi connectivity index (χ4v) is 2.33. The van der Waals surface area contributed by atoms with E-state index in [4.69, 9.17) is 11.6 Å². The van der Waals surface area contributed by atoms with Gasteiger partial charge < -0.3 is 5.32 Å². The minimum Gasteiger partial charge on any atom is -0.376 e. The summed E-state index contributed by atoms with van der Waals surface area (Å²) in [6.07, 6.45) is 5.10. The van der Waals surface area contributed by atoms with Crippen LogP contribution in [0.25, 0.3) is 0 Å². The molecule has 1 N–H and O–H groups in total. The van der Waals surface area contributed by atoms with Crippen molar-refractivity contribution in [3.05, 3.63) is 51.5 Å². The normalized spacial score (nSPS) is 12.2.